The van der Waals surface area contributed by atoms with Crippen molar-refractivity contribution in [2.75, 3.05) is 0 Å². The minimum atomic E-state index is 0. The second-order valence-electron chi connectivity index (χ2n) is 2.78. The summed E-state index contributed by atoms with van der Waals surface area (Å²) in [6.07, 6.45) is 5.72. The number of hydrogen-bond donors (Lipinski definition) is 0. The summed E-state index contributed by atoms with van der Waals surface area (Å²) in [6.45, 7) is 3.57. The molecule has 78 valence electrons. The van der Waals surface area contributed by atoms with E-state index in [4.69, 9.17) is 0 Å². The van der Waals surface area contributed by atoms with Crippen molar-refractivity contribution in [3.05, 3.63) is 78.9 Å². The third kappa shape index (κ3) is 6.73. The van der Waals surface area contributed by atoms with E-state index >= 15 is 0 Å². The van der Waals surface area contributed by atoms with Crippen LogP contribution in [-0.2, 0) is 17.1 Å². The molecule has 0 amide bonds. The molecule has 0 saturated carbocycles. The molecule has 0 atom stereocenters. The number of hydrogen-bond acceptors (Lipinski definition) is 0. The van der Waals surface area contributed by atoms with Gasteiger partial charge in [0.1, 0.15) is 0 Å². The van der Waals surface area contributed by atoms with E-state index in [9.17, 15) is 0 Å². The van der Waals surface area contributed by atoms with Crippen LogP contribution in [0.2, 0.25) is 0 Å². The first kappa shape index (κ1) is 13.7. The second-order valence-corrected chi connectivity index (χ2v) is 2.78. The minimum absolute atomic E-state index is 0. The summed E-state index contributed by atoms with van der Waals surface area (Å²) in [5.41, 5.74) is 1.23. The van der Waals surface area contributed by atoms with Crippen molar-refractivity contribution in [3.63, 3.8) is 0 Å². The van der Waals surface area contributed by atoms with Gasteiger partial charge in [-0.3, -0.25) is 0 Å². The van der Waals surface area contributed by atoms with Crippen LogP contribution in [0.15, 0.2) is 73.3 Å². The van der Waals surface area contributed by atoms with Crippen molar-refractivity contribution in [1.82, 2.24) is 0 Å². The molecular weight excluding hydrogens is 224 g/mol. The Labute approximate surface area is 102 Å². The van der Waals surface area contributed by atoms with Gasteiger partial charge in [0.2, 0.25) is 0 Å². The van der Waals surface area contributed by atoms with Gasteiger partial charge in [-0.05, 0) is 0 Å². The van der Waals surface area contributed by atoms with E-state index in [0.717, 1.165) is 0 Å². The third-order valence-electron chi connectivity index (χ3n) is 1.67. The fourth-order valence-corrected chi connectivity index (χ4v) is 1.000. The molecule has 0 aliphatic rings. The zero-order chi connectivity index (χ0) is 10.1. The third-order valence-corrected chi connectivity index (χ3v) is 1.67. The van der Waals surface area contributed by atoms with Crippen LogP contribution in [0.25, 0.3) is 6.08 Å². The average molecular weight is 238 g/mol. The summed E-state index contributed by atoms with van der Waals surface area (Å²) >= 11 is 0. The molecule has 0 saturated heterocycles. The Bertz CT molecular complexity index is 321. The van der Waals surface area contributed by atoms with Gasteiger partial charge in [-0.15, -0.1) is 42.5 Å². The summed E-state index contributed by atoms with van der Waals surface area (Å²) in [6, 6.07) is 18.1. The molecule has 0 aliphatic carbocycles. The summed E-state index contributed by atoms with van der Waals surface area (Å²) in [5.74, 6) is 0. The Balaban J connectivity index is 0.000000280. The average Bonchev–Trinajstić information content (AvgIpc) is 2.90. The second kappa shape index (κ2) is 9.26. The summed E-state index contributed by atoms with van der Waals surface area (Å²) in [5, 5.41) is 0. The molecule has 2 rings (SSSR count). The molecule has 0 aliphatic heterocycles. The monoisotopic (exact) mass is 238 g/mol. The van der Waals surface area contributed by atoms with Gasteiger partial charge in [0, 0.05) is 0 Å². The maximum absolute atomic E-state index is 3.57. The van der Waals surface area contributed by atoms with E-state index < -0.39 is 0 Å². The van der Waals surface area contributed by atoms with Crippen LogP contribution in [0.4, 0.5) is 0 Å². The van der Waals surface area contributed by atoms with E-state index in [1.165, 1.54) is 5.56 Å². The Morgan fingerprint density at radius 3 is 2.00 bits per heavy atom. The van der Waals surface area contributed by atoms with Crippen LogP contribution >= 0.6 is 0 Å². The maximum atomic E-state index is 3.57. The van der Waals surface area contributed by atoms with Gasteiger partial charge in [-0.1, -0.05) is 0 Å². The maximum Gasteiger partial charge on any atom is 2.00 e. The molecule has 2 aromatic rings. The predicted octanol–water partition coefficient (Wildman–Crippen LogP) is 4.01. The smallest absolute Gasteiger partial charge is 0.214 e. The SMILES string of the molecule is C=C/C=C\[c-]1cccc1.[Fe+2].c1cc[cH-]c1. The van der Waals surface area contributed by atoms with Crippen molar-refractivity contribution in [2.45, 2.75) is 0 Å². The normalized spacial score (nSPS) is 8.80. The predicted molar refractivity (Wildman–Crippen MR) is 63.3 cm³/mol. The van der Waals surface area contributed by atoms with Gasteiger partial charge >= 0.3 is 17.1 Å². The van der Waals surface area contributed by atoms with Crippen molar-refractivity contribution in [1.29, 1.82) is 0 Å². The standard InChI is InChI=1S/C9H9.C5H5.Fe/c1-2-3-6-9-7-4-5-8-9;1-2-4-5-3-1;/h2-8H,1H2;1-5H;/q2*-1;+2/b6-3-;;. The van der Waals surface area contributed by atoms with Crippen molar-refractivity contribution < 1.29 is 17.1 Å². The topological polar surface area (TPSA) is 0 Å². The molecule has 2 aromatic carbocycles. The molecule has 0 bridgehead atoms. The first-order valence-corrected chi connectivity index (χ1v) is 4.61. The molecule has 15 heavy (non-hydrogen) atoms. The van der Waals surface area contributed by atoms with Crippen molar-refractivity contribution in [3.8, 4) is 0 Å². The first-order valence-electron chi connectivity index (χ1n) is 4.61. The first-order chi connectivity index (χ1) is 6.93. The number of allylic oxidation sites excluding steroid dienone is 2. The van der Waals surface area contributed by atoms with Gasteiger partial charge in [-0.25, -0.2) is 12.1 Å². The van der Waals surface area contributed by atoms with Crippen LogP contribution in [0, 0.1) is 0 Å². The van der Waals surface area contributed by atoms with E-state index in [1.54, 1.807) is 6.08 Å². The van der Waals surface area contributed by atoms with Gasteiger partial charge in [0.05, 0.1) is 0 Å². The summed E-state index contributed by atoms with van der Waals surface area (Å²) in [4.78, 5) is 0. The molecular formula is C14H14Fe. The summed E-state index contributed by atoms with van der Waals surface area (Å²) in [7, 11) is 0. The van der Waals surface area contributed by atoms with E-state index in [2.05, 4.69) is 18.7 Å². The molecule has 0 nitrogen and oxygen atoms in total. The Morgan fingerprint density at radius 2 is 1.60 bits per heavy atom. The molecule has 0 aromatic heterocycles. The van der Waals surface area contributed by atoms with E-state index in [-0.39, 0.29) is 17.1 Å². The van der Waals surface area contributed by atoms with Crippen LogP contribution in [0.1, 0.15) is 5.56 Å². The van der Waals surface area contributed by atoms with Gasteiger partial charge in [-0.2, -0.15) is 30.3 Å². The molecule has 0 heterocycles. The van der Waals surface area contributed by atoms with E-state index in [0.29, 0.717) is 0 Å². The van der Waals surface area contributed by atoms with Crippen LogP contribution in [0.5, 0.6) is 0 Å². The van der Waals surface area contributed by atoms with Crippen molar-refractivity contribution in [2.24, 2.45) is 0 Å². The van der Waals surface area contributed by atoms with Crippen LogP contribution in [-0.4, -0.2) is 0 Å². The molecule has 1 heteroatoms. The molecule has 0 fully saturated rings. The quantitative estimate of drug-likeness (QED) is 0.421. The Morgan fingerprint density at radius 1 is 1.00 bits per heavy atom. The Kier molecular flexibility index (Phi) is 8.46. The van der Waals surface area contributed by atoms with Crippen LogP contribution in [0.3, 0.4) is 0 Å². The largest absolute Gasteiger partial charge is 2.00 e. The Hall–Kier alpha value is -1.30. The minimum Gasteiger partial charge on any atom is -0.214 e. The zero-order valence-corrected chi connectivity index (χ0v) is 9.59. The molecule has 0 radical (unpaired) electrons. The summed E-state index contributed by atoms with van der Waals surface area (Å²) < 4.78 is 0. The molecule has 0 spiro atoms. The van der Waals surface area contributed by atoms with Crippen molar-refractivity contribution >= 4 is 6.08 Å². The molecule has 0 N–H and O–H groups in total. The van der Waals surface area contributed by atoms with Gasteiger partial charge in [0.25, 0.3) is 0 Å². The fraction of sp³-hybridized carbons (Fsp3) is 0. The zero-order valence-electron chi connectivity index (χ0n) is 8.49. The van der Waals surface area contributed by atoms with Crippen LogP contribution < -0.4 is 0 Å². The molecule has 0 unspecified atom stereocenters. The van der Waals surface area contributed by atoms with E-state index in [1.807, 2.05) is 54.6 Å². The fourth-order valence-electron chi connectivity index (χ4n) is 1.000. The number of rotatable bonds is 2. The van der Waals surface area contributed by atoms with Gasteiger partial charge in [0.15, 0.2) is 0 Å². The van der Waals surface area contributed by atoms with Gasteiger partial charge < -0.3 is 0 Å².